The van der Waals surface area contributed by atoms with Crippen molar-refractivity contribution in [3.8, 4) is 5.75 Å². The van der Waals surface area contributed by atoms with Crippen LogP contribution in [0.5, 0.6) is 5.75 Å². The van der Waals surface area contributed by atoms with Crippen molar-refractivity contribution >= 4 is 0 Å². The SMILES string of the molecule is COc1ccccc1CNC[C@@H](C)C(C)C. The maximum atomic E-state index is 5.31. The molecule has 0 fully saturated rings. The van der Waals surface area contributed by atoms with Crippen molar-refractivity contribution < 1.29 is 4.74 Å². The molecule has 0 aliphatic heterocycles. The summed E-state index contributed by atoms with van der Waals surface area (Å²) in [6, 6.07) is 8.15. The lowest BCUT2D eigenvalue weighted by atomic mass is 9.98. The lowest BCUT2D eigenvalue weighted by Crippen LogP contribution is -2.23. The number of para-hydroxylation sites is 1. The van der Waals surface area contributed by atoms with Crippen molar-refractivity contribution in [2.75, 3.05) is 13.7 Å². The molecule has 0 spiro atoms. The fourth-order valence-electron chi connectivity index (χ4n) is 1.52. The molecular weight excluding hydrogens is 198 g/mol. The maximum Gasteiger partial charge on any atom is 0.123 e. The van der Waals surface area contributed by atoms with Gasteiger partial charge in [-0.3, -0.25) is 0 Å². The third kappa shape index (κ3) is 3.86. The number of ether oxygens (including phenoxy) is 1. The fraction of sp³-hybridized carbons (Fsp3) is 0.571. The molecule has 0 saturated carbocycles. The number of methoxy groups -OCH3 is 1. The van der Waals surface area contributed by atoms with E-state index in [1.165, 1.54) is 5.56 Å². The first-order valence-electron chi connectivity index (χ1n) is 5.97. The van der Waals surface area contributed by atoms with E-state index in [1.807, 2.05) is 18.2 Å². The van der Waals surface area contributed by atoms with Crippen LogP contribution in [0.15, 0.2) is 24.3 Å². The minimum Gasteiger partial charge on any atom is -0.496 e. The zero-order valence-corrected chi connectivity index (χ0v) is 10.8. The molecule has 0 saturated heterocycles. The first-order valence-corrected chi connectivity index (χ1v) is 5.97. The predicted molar refractivity (Wildman–Crippen MR) is 68.7 cm³/mol. The Hall–Kier alpha value is -1.02. The lowest BCUT2D eigenvalue weighted by molar-refractivity contribution is 0.384. The van der Waals surface area contributed by atoms with Gasteiger partial charge in [-0.25, -0.2) is 0 Å². The number of hydrogen-bond donors (Lipinski definition) is 1. The molecule has 1 atom stereocenters. The molecule has 1 aromatic rings. The Morgan fingerprint density at radius 2 is 1.88 bits per heavy atom. The van der Waals surface area contributed by atoms with Gasteiger partial charge in [0.05, 0.1) is 7.11 Å². The van der Waals surface area contributed by atoms with Crippen LogP contribution in [0, 0.1) is 11.8 Å². The Balaban J connectivity index is 2.42. The van der Waals surface area contributed by atoms with Crippen molar-refractivity contribution in [1.29, 1.82) is 0 Å². The zero-order valence-electron chi connectivity index (χ0n) is 10.8. The Kier molecular flexibility index (Phi) is 5.33. The van der Waals surface area contributed by atoms with Crippen LogP contribution in [0.2, 0.25) is 0 Å². The van der Waals surface area contributed by atoms with Crippen molar-refractivity contribution in [3.05, 3.63) is 29.8 Å². The summed E-state index contributed by atoms with van der Waals surface area (Å²) < 4.78 is 5.31. The molecule has 1 N–H and O–H groups in total. The van der Waals surface area contributed by atoms with Crippen LogP contribution in [0.1, 0.15) is 26.3 Å². The molecule has 1 rings (SSSR count). The summed E-state index contributed by atoms with van der Waals surface area (Å²) in [5.74, 6) is 2.40. The quantitative estimate of drug-likeness (QED) is 0.797. The van der Waals surface area contributed by atoms with E-state index in [-0.39, 0.29) is 0 Å². The van der Waals surface area contributed by atoms with Gasteiger partial charge >= 0.3 is 0 Å². The van der Waals surface area contributed by atoms with Crippen LogP contribution in [0.4, 0.5) is 0 Å². The van der Waals surface area contributed by atoms with Gasteiger partial charge in [0.1, 0.15) is 5.75 Å². The van der Waals surface area contributed by atoms with Crippen LogP contribution < -0.4 is 10.1 Å². The summed E-state index contributed by atoms with van der Waals surface area (Å²) in [6.07, 6.45) is 0. The normalized spacial score (nSPS) is 12.8. The average Bonchev–Trinajstić information content (AvgIpc) is 2.29. The molecule has 0 aliphatic rings. The lowest BCUT2D eigenvalue weighted by Gasteiger charge is -2.16. The summed E-state index contributed by atoms with van der Waals surface area (Å²) in [7, 11) is 1.72. The van der Waals surface area contributed by atoms with E-state index < -0.39 is 0 Å². The van der Waals surface area contributed by atoms with Gasteiger partial charge in [-0.2, -0.15) is 0 Å². The molecule has 0 heterocycles. The van der Waals surface area contributed by atoms with E-state index in [2.05, 4.69) is 32.2 Å². The van der Waals surface area contributed by atoms with Crippen molar-refractivity contribution in [3.63, 3.8) is 0 Å². The molecule has 0 bridgehead atoms. The summed E-state index contributed by atoms with van der Waals surface area (Å²) in [5.41, 5.74) is 1.22. The highest BCUT2D eigenvalue weighted by Crippen LogP contribution is 2.17. The molecule has 0 aliphatic carbocycles. The molecule has 0 aromatic heterocycles. The van der Waals surface area contributed by atoms with Crippen molar-refractivity contribution in [1.82, 2.24) is 5.32 Å². The second-order valence-corrected chi connectivity index (χ2v) is 4.66. The average molecular weight is 221 g/mol. The fourth-order valence-corrected chi connectivity index (χ4v) is 1.52. The summed E-state index contributed by atoms with van der Waals surface area (Å²) >= 11 is 0. The Labute approximate surface area is 99.0 Å². The smallest absolute Gasteiger partial charge is 0.123 e. The highest BCUT2D eigenvalue weighted by molar-refractivity contribution is 5.32. The van der Waals surface area contributed by atoms with Gasteiger partial charge in [0, 0.05) is 12.1 Å². The summed E-state index contributed by atoms with van der Waals surface area (Å²) in [5, 5.41) is 3.48. The number of rotatable bonds is 6. The Morgan fingerprint density at radius 1 is 1.19 bits per heavy atom. The van der Waals surface area contributed by atoms with Crippen molar-refractivity contribution in [2.45, 2.75) is 27.3 Å². The van der Waals surface area contributed by atoms with E-state index >= 15 is 0 Å². The summed E-state index contributed by atoms with van der Waals surface area (Å²) in [6.45, 7) is 8.72. The Bertz CT molecular complexity index is 309. The third-order valence-electron chi connectivity index (χ3n) is 3.11. The van der Waals surface area contributed by atoms with Gasteiger partial charge in [-0.05, 0) is 24.4 Å². The van der Waals surface area contributed by atoms with Crippen LogP contribution in [-0.4, -0.2) is 13.7 Å². The molecule has 0 unspecified atom stereocenters. The number of hydrogen-bond acceptors (Lipinski definition) is 2. The molecule has 0 amide bonds. The maximum absolute atomic E-state index is 5.31. The monoisotopic (exact) mass is 221 g/mol. The molecule has 90 valence electrons. The van der Waals surface area contributed by atoms with Crippen molar-refractivity contribution in [2.24, 2.45) is 11.8 Å². The van der Waals surface area contributed by atoms with E-state index in [0.717, 1.165) is 24.8 Å². The number of benzene rings is 1. The predicted octanol–water partition coefficient (Wildman–Crippen LogP) is 3.08. The topological polar surface area (TPSA) is 21.3 Å². The highest BCUT2D eigenvalue weighted by atomic mass is 16.5. The van der Waals surface area contributed by atoms with Gasteiger partial charge in [0.15, 0.2) is 0 Å². The first kappa shape index (κ1) is 13.0. The minimum atomic E-state index is 0.703. The minimum absolute atomic E-state index is 0.703. The number of nitrogens with one attached hydrogen (secondary N) is 1. The third-order valence-corrected chi connectivity index (χ3v) is 3.11. The van der Waals surface area contributed by atoms with Crippen LogP contribution in [0.3, 0.4) is 0 Å². The zero-order chi connectivity index (χ0) is 12.0. The highest BCUT2D eigenvalue weighted by Gasteiger charge is 2.07. The van der Waals surface area contributed by atoms with Gasteiger partial charge in [-0.15, -0.1) is 0 Å². The second-order valence-electron chi connectivity index (χ2n) is 4.66. The van der Waals surface area contributed by atoms with Gasteiger partial charge in [-0.1, -0.05) is 39.0 Å². The van der Waals surface area contributed by atoms with Crippen LogP contribution in [0.25, 0.3) is 0 Å². The standard InChI is InChI=1S/C14H23NO/c1-11(2)12(3)9-15-10-13-7-5-6-8-14(13)16-4/h5-8,11-12,15H,9-10H2,1-4H3/t12-/m1/s1. The molecule has 2 nitrogen and oxygen atoms in total. The first-order chi connectivity index (χ1) is 7.65. The van der Waals surface area contributed by atoms with E-state index in [4.69, 9.17) is 4.74 Å². The van der Waals surface area contributed by atoms with Crippen LogP contribution >= 0.6 is 0 Å². The molecule has 16 heavy (non-hydrogen) atoms. The Morgan fingerprint density at radius 3 is 2.50 bits per heavy atom. The van der Waals surface area contributed by atoms with Gasteiger partial charge < -0.3 is 10.1 Å². The van der Waals surface area contributed by atoms with E-state index in [1.54, 1.807) is 7.11 Å². The molecule has 1 aromatic carbocycles. The largest absolute Gasteiger partial charge is 0.496 e. The molecule has 0 radical (unpaired) electrons. The second kappa shape index (κ2) is 6.54. The molecule has 2 heteroatoms. The van der Waals surface area contributed by atoms with Crippen LogP contribution in [-0.2, 0) is 6.54 Å². The van der Waals surface area contributed by atoms with Gasteiger partial charge in [0.2, 0.25) is 0 Å². The molecular formula is C14H23NO. The van der Waals surface area contributed by atoms with Gasteiger partial charge in [0.25, 0.3) is 0 Å². The van der Waals surface area contributed by atoms with E-state index in [0.29, 0.717) is 5.92 Å². The van der Waals surface area contributed by atoms with E-state index in [9.17, 15) is 0 Å². The summed E-state index contributed by atoms with van der Waals surface area (Å²) in [4.78, 5) is 0.